The predicted molar refractivity (Wildman–Crippen MR) is 99.7 cm³/mol. The highest BCUT2D eigenvalue weighted by Crippen LogP contribution is 2.31. The van der Waals surface area contributed by atoms with E-state index in [4.69, 9.17) is 4.74 Å². The molecule has 0 bridgehead atoms. The van der Waals surface area contributed by atoms with E-state index < -0.39 is 11.9 Å². The molecule has 1 aliphatic carbocycles. The van der Waals surface area contributed by atoms with Gasteiger partial charge in [-0.05, 0) is 51.0 Å². The zero-order valence-electron chi connectivity index (χ0n) is 14.8. The van der Waals surface area contributed by atoms with Gasteiger partial charge in [-0.3, -0.25) is 9.59 Å². The molecule has 26 heavy (non-hydrogen) atoms. The summed E-state index contributed by atoms with van der Waals surface area (Å²) >= 11 is 1.32. The van der Waals surface area contributed by atoms with Gasteiger partial charge in [-0.15, -0.1) is 11.3 Å². The molecule has 0 spiro atoms. The van der Waals surface area contributed by atoms with Gasteiger partial charge in [0, 0.05) is 11.6 Å². The Kier molecular flexibility index (Phi) is 5.56. The van der Waals surface area contributed by atoms with Gasteiger partial charge in [-0.1, -0.05) is 6.42 Å². The number of amides is 1. The highest BCUT2D eigenvalue weighted by molar-refractivity contribution is 7.17. The highest BCUT2D eigenvalue weighted by atomic mass is 32.1. The van der Waals surface area contributed by atoms with Crippen LogP contribution in [-0.2, 0) is 4.79 Å². The molecular formula is C19H22N2O4S. The van der Waals surface area contributed by atoms with Crippen molar-refractivity contribution in [1.82, 2.24) is 10.3 Å². The molecule has 1 heterocycles. The van der Waals surface area contributed by atoms with E-state index in [1.807, 2.05) is 31.2 Å². The lowest BCUT2D eigenvalue weighted by Gasteiger charge is -2.17. The van der Waals surface area contributed by atoms with Crippen LogP contribution in [0.1, 0.15) is 41.6 Å². The summed E-state index contributed by atoms with van der Waals surface area (Å²) < 4.78 is 5.44. The van der Waals surface area contributed by atoms with Crippen LogP contribution in [0.5, 0.6) is 5.75 Å². The number of carboxylic acids is 1. The van der Waals surface area contributed by atoms with Gasteiger partial charge >= 0.3 is 5.97 Å². The molecule has 6 nitrogen and oxygen atoms in total. The van der Waals surface area contributed by atoms with Crippen LogP contribution in [0, 0.1) is 12.8 Å². The van der Waals surface area contributed by atoms with Crippen molar-refractivity contribution >= 4 is 23.2 Å². The molecule has 1 aliphatic rings. The lowest BCUT2D eigenvalue weighted by molar-refractivity contribution is -0.142. The number of carboxylic acid groups (broad SMARTS) is 1. The topological polar surface area (TPSA) is 88.5 Å². The van der Waals surface area contributed by atoms with Crippen molar-refractivity contribution in [2.75, 3.05) is 6.61 Å². The van der Waals surface area contributed by atoms with E-state index in [1.165, 1.54) is 11.3 Å². The Balaban J connectivity index is 1.75. The number of carbonyl (C=O) groups excluding carboxylic acids is 1. The molecule has 7 heteroatoms. The fourth-order valence-electron chi connectivity index (χ4n) is 3.25. The molecule has 138 valence electrons. The molecule has 1 amide bonds. The third kappa shape index (κ3) is 3.88. The van der Waals surface area contributed by atoms with Gasteiger partial charge in [-0.2, -0.15) is 0 Å². The number of aryl methyl sites for hydroxylation is 1. The molecule has 1 saturated carbocycles. The third-order valence-electron chi connectivity index (χ3n) is 4.56. The van der Waals surface area contributed by atoms with E-state index in [9.17, 15) is 14.7 Å². The van der Waals surface area contributed by atoms with Gasteiger partial charge in [0.15, 0.2) is 0 Å². The van der Waals surface area contributed by atoms with Crippen molar-refractivity contribution in [1.29, 1.82) is 0 Å². The van der Waals surface area contributed by atoms with Gasteiger partial charge in [0.05, 0.1) is 18.2 Å². The molecular weight excluding hydrogens is 352 g/mol. The highest BCUT2D eigenvalue weighted by Gasteiger charge is 2.34. The Bertz CT molecular complexity index is 800. The molecule has 0 radical (unpaired) electrons. The molecule has 2 aromatic rings. The average Bonchev–Trinajstić information content (AvgIpc) is 3.22. The average molecular weight is 374 g/mol. The molecule has 1 fully saturated rings. The Morgan fingerprint density at radius 1 is 1.31 bits per heavy atom. The number of hydrogen-bond donors (Lipinski definition) is 2. The Morgan fingerprint density at radius 3 is 2.69 bits per heavy atom. The summed E-state index contributed by atoms with van der Waals surface area (Å²) in [5.41, 5.74) is 1.58. The Labute approximate surface area is 156 Å². The van der Waals surface area contributed by atoms with Gasteiger partial charge < -0.3 is 15.2 Å². The number of aromatic nitrogens is 1. The molecule has 1 aromatic carbocycles. The second kappa shape index (κ2) is 7.86. The van der Waals surface area contributed by atoms with Crippen LogP contribution in [0.25, 0.3) is 10.6 Å². The standard InChI is InChI=1S/C19H22N2O4S/c1-3-25-13-9-7-12(8-10-13)18-20-11(2)16(26-18)17(22)21-15-6-4-5-14(15)19(23)24/h7-10,14-15H,3-6H2,1-2H3,(H,21,22)(H,23,24)/t14-,15+/m0/s1. The van der Waals surface area contributed by atoms with E-state index >= 15 is 0 Å². The van der Waals surface area contributed by atoms with Crippen LogP contribution in [0.4, 0.5) is 0 Å². The van der Waals surface area contributed by atoms with Gasteiger partial charge in [0.1, 0.15) is 15.6 Å². The number of aliphatic carboxylic acids is 1. The maximum absolute atomic E-state index is 12.6. The zero-order chi connectivity index (χ0) is 18.7. The van der Waals surface area contributed by atoms with Crippen molar-refractivity contribution in [2.24, 2.45) is 5.92 Å². The van der Waals surface area contributed by atoms with E-state index in [-0.39, 0.29) is 11.9 Å². The molecule has 2 atom stereocenters. The van der Waals surface area contributed by atoms with Crippen molar-refractivity contribution in [3.05, 3.63) is 34.8 Å². The summed E-state index contributed by atoms with van der Waals surface area (Å²) in [6.45, 7) is 4.34. The first-order chi connectivity index (χ1) is 12.5. The van der Waals surface area contributed by atoms with E-state index in [0.29, 0.717) is 30.0 Å². The summed E-state index contributed by atoms with van der Waals surface area (Å²) in [7, 11) is 0. The van der Waals surface area contributed by atoms with Gasteiger partial charge in [-0.25, -0.2) is 4.98 Å². The lowest BCUT2D eigenvalue weighted by Crippen LogP contribution is -2.40. The number of nitrogens with zero attached hydrogens (tertiary/aromatic N) is 1. The quantitative estimate of drug-likeness (QED) is 0.808. The van der Waals surface area contributed by atoms with Crippen molar-refractivity contribution in [3.8, 4) is 16.3 Å². The molecule has 3 rings (SSSR count). The molecule has 0 saturated heterocycles. The summed E-state index contributed by atoms with van der Waals surface area (Å²) in [5, 5.41) is 12.9. The van der Waals surface area contributed by atoms with Crippen molar-refractivity contribution in [3.63, 3.8) is 0 Å². The minimum absolute atomic E-state index is 0.240. The summed E-state index contributed by atoms with van der Waals surface area (Å²) in [6.07, 6.45) is 2.13. The van der Waals surface area contributed by atoms with Gasteiger partial charge in [0.2, 0.25) is 0 Å². The van der Waals surface area contributed by atoms with Crippen LogP contribution in [-0.4, -0.2) is 34.6 Å². The molecule has 1 aromatic heterocycles. The number of nitrogens with one attached hydrogen (secondary N) is 1. The molecule has 0 aliphatic heterocycles. The maximum Gasteiger partial charge on any atom is 0.308 e. The first-order valence-corrected chi connectivity index (χ1v) is 9.55. The number of benzene rings is 1. The minimum atomic E-state index is -0.844. The Morgan fingerprint density at radius 2 is 2.04 bits per heavy atom. The number of ether oxygens (including phenoxy) is 1. The fraction of sp³-hybridized carbons (Fsp3) is 0.421. The predicted octanol–water partition coefficient (Wildman–Crippen LogP) is 3.50. The monoisotopic (exact) mass is 374 g/mol. The van der Waals surface area contributed by atoms with Crippen molar-refractivity contribution in [2.45, 2.75) is 39.2 Å². The molecule has 0 unspecified atom stereocenters. The Hall–Kier alpha value is -2.41. The third-order valence-corrected chi connectivity index (χ3v) is 5.77. The lowest BCUT2D eigenvalue weighted by atomic mass is 10.0. The number of thiazole rings is 1. The fourth-order valence-corrected chi connectivity index (χ4v) is 4.23. The molecule has 2 N–H and O–H groups in total. The van der Waals surface area contributed by atoms with Crippen LogP contribution < -0.4 is 10.1 Å². The zero-order valence-corrected chi connectivity index (χ0v) is 15.6. The maximum atomic E-state index is 12.6. The van der Waals surface area contributed by atoms with Crippen LogP contribution in [0.15, 0.2) is 24.3 Å². The number of carbonyl (C=O) groups is 2. The number of hydrogen-bond acceptors (Lipinski definition) is 5. The largest absolute Gasteiger partial charge is 0.494 e. The van der Waals surface area contributed by atoms with Gasteiger partial charge in [0.25, 0.3) is 5.91 Å². The summed E-state index contributed by atoms with van der Waals surface area (Å²) in [5.74, 6) is -0.791. The second-order valence-corrected chi connectivity index (χ2v) is 7.35. The van der Waals surface area contributed by atoms with E-state index in [2.05, 4.69) is 10.3 Å². The van der Waals surface area contributed by atoms with E-state index in [0.717, 1.165) is 22.7 Å². The first kappa shape index (κ1) is 18.4. The summed E-state index contributed by atoms with van der Waals surface area (Å²) in [6, 6.07) is 7.29. The summed E-state index contributed by atoms with van der Waals surface area (Å²) in [4.78, 5) is 28.9. The minimum Gasteiger partial charge on any atom is -0.494 e. The van der Waals surface area contributed by atoms with Crippen molar-refractivity contribution < 1.29 is 19.4 Å². The normalized spacial score (nSPS) is 19.3. The van der Waals surface area contributed by atoms with Crippen LogP contribution >= 0.6 is 11.3 Å². The smallest absolute Gasteiger partial charge is 0.308 e. The number of rotatable bonds is 6. The van der Waals surface area contributed by atoms with E-state index in [1.54, 1.807) is 6.92 Å². The van der Waals surface area contributed by atoms with Crippen LogP contribution in [0.2, 0.25) is 0 Å². The first-order valence-electron chi connectivity index (χ1n) is 8.74. The van der Waals surface area contributed by atoms with Crippen LogP contribution in [0.3, 0.4) is 0 Å². The second-order valence-electron chi connectivity index (χ2n) is 6.35. The SMILES string of the molecule is CCOc1ccc(-c2nc(C)c(C(=O)N[C@@H]3CCC[C@@H]3C(=O)O)s2)cc1.